The zero-order valence-corrected chi connectivity index (χ0v) is 17.1. The van der Waals surface area contributed by atoms with E-state index in [1.165, 1.54) is 0 Å². The van der Waals surface area contributed by atoms with Gasteiger partial charge in [-0.15, -0.1) is 0 Å². The second-order valence-electron chi connectivity index (χ2n) is 6.46. The summed E-state index contributed by atoms with van der Waals surface area (Å²) in [5.41, 5.74) is 7.68. The van der Waals surface area contributed by atoms with Crippen LogP contribution in [0.2, 0.25) is 5.02 Å². The number of hydrogen-bond donors (Lipinski definition) is 3. The number of rotatable bonds is 8. The van der Waals surface area contributed by atoms with Crippen LogP contribution in [-0.2, 0) is 6.54 Å². The average Bonchev–Trinajstić information content (AvgIpc) is 3.11. The Morgan fingerprint density at radius 2 is 1.93 bits per heavy atom. The van der Waals surface area contributed by atoms with Gasteiger partial charge in [-0.05, 0) is 35.9 Å². The van der Waals surface area contributed by atoms with Crippen LogP contribution in [0.5, 0.6) is 5.75 Å². The van der Waals surface area contributed by atoms with Crippen molar-refractivity contribution in [3.05, 3.63) is 76.4 Å². The number of anilines is 1. The van der Waals surface area contributed by atoms with Gasteiger partial charge in [0.1, 0.15) is 17.9 Å². The maximum absolute atomic E-state index is 12.4. The fourth-order valence-electron chi connectivity index (χ4n) is 2.77. The molecule has 0 aliphatic heterocycles. The number of benzene rings is 2. The third-order valence-electron chi connectivity index (χ3n) is 4.28. The maximum atomic E-state index is 12.4. The number of amides is 2. The Balaban J connectivity index is 1.53. The predicted octanol–water partition coefficient (Wildman–Crippen LogP) is 2.34. The van der Waals surface area contributed by atoms with Crippen LogP contribution in [0, 0.1) is 0 Å². The summed E-state index contributed by atoms with van der Waals surface area (Å²) in [6.07, 6.45) is 1.59. The lowest BCUT2D eigenvalue weighted by Gasteiger charge is -2.07. The van der Waals surface area contributed by atoms with E-state index in [1.807, 2.05) is 12.1 Å². The van der Waals surface area contributed by atoms with Crippen molar-refractivity contribution in [1.82, 2.24) is 20.4 Å². The second kappa shape index (κ2) is 9.80. The predicted molar refractivity (Wildman–Crippen MR) is 115 cm³/mol. The molecule has 0 aliphatic carbocycles. The van der Waals surface area contributed by atoms with E-state index in [-0.39, 0.29) is 24.2 Å². The third-order valence-corrected chi connectivity index (χ3v) is 4.51. The molecule has 0 radical (unpaired) electrons. The number of hydrogen-bond acceptors (Lipinski definition) is 5. The summed E-state index contributed by atoms with van der Waals surface area (Å²) < 4.78 is 7.13. The summed E-state index contributed by atoms with van der Waals surface area (Å²) in [5, 5.41) is 10.1. The Morgan fingerprint density at radius 1 is 1.17 bits per heavy atom. The van der Waals surface area contributed by atoms with Crippen molar-refractivity contribution < 1.29 is 14.3 Å². The zero-order valence-electron chi connectivity index (χ0n) is 16.4. The number of nitrogens with zero attached hydrogens (tertiary/aromatic N) is 2. The van der Waals surface area contributed by atoms with Crippen molar-refractivity contribution in [2.75, 3.05) is 25.9 Å². The van der Waals surface area contributed by atoms with Gasteiger partial charge in [-0.25, -0.2) is 0 Å². The molecule has 30 heavy (non-hydrogen) atoms. The minimum Gasteiger partial charge on any atom is -0.492 e. The molecule has 1 aromatic heterocycles. The van der Waals surface area contributed by atoms with Crippen molar-refractivity contribution in [2.24, 2.45) is 0 Å². The van der Waals surface area contributed by atoms with E-state index in [9.17, 15) is 9.59 Å². The van der Waals surface area contributed by atoms with Crippen molar-refractivity contribution >= 4 is 29.2 Å². The van der Waals surface area contributed by atoms with Crippen LogP contribution < -0.4 is 21.1 Å². The Morgan fingerprint density at radius 3 is 2.63 bits per heavy atom. The smallest absolute Gasteiger partial charge is 0.256 e. The molecule has 0 bridgehead atoms. The first-order valence-electron chi connectivity index (χ1n) is 9.27. The van der Waals surface area contributed by atoms with E-state index in [4.69, 9.17) is 22.1 Å². The van der Waals surface area contributed by atoms with Crippen LogP contribution in [0.1, 0.15) is 26.3 Å². The van der Waals surface area contributed by atoms with Crippen LogP contribution in [0.3, 0.4) is 0 Å². The van der Waals surface area contributed by atoms with Crippen LogP contribution in [-0.4, -0.2) is 41.8 Å². The van der Waals surface area contributed by atoms with Gasteiger partial charge in [0.25, 0.3) is 11.8 Å². The highest BCUT2D eigenvalue weighted by atomic mass is 35.5. The minimum atomic E-state index is -0.330. The molecule has 3 aromatic rings. The molecule has 0 spiro atoms. The van der Waals surface area contributed by atoms with E-state index in [0.29, 0.717) is 35.0 Å². The van der Waals surface area contributed by atoms with Gasteiger partial charge in [0.05, 0.1) is 13.1 Å². The molecule has 0 unspecified atom stereocenters. The van der Waals surface area contributed by atoms with Crippen LogP contribution in [0.25, 0.3) is 0 Å². The molecule has 0 atom stereocenters. The lowest BCUT2D eigenvalue weighted by Crippen LogP contribution is -2.28. The molecule has 0 saturated heterocycles. The summed E-state index contributed by atoms with van der Waals surface area (Å²) in [6, 6.07) is 14.2. The first kappa shape index (κ1) is 21.2. The molecular formula is C21H22ClN5O3. The third kappa shape index (κ3) is 5.51. The number of carbonyl (C=O) groups is 2. The topological polar surface area (TPSA) is 111 Å². The first-order chi connectivity index (χ1) is 14.5. The highest BCUT2D eigenvalue weighted by Gasteiger charge is 2.14. The Hall–Kier alpha value is -3.52. The summed E-state index contributed by atoms with van der Waals surface area (Å²) in [7, 11) is 1.58. The average molecular weight is 428 g/mol. The highest BCUT2D eigenvalue weighted by molar-refractivity contribution is 6.30. The van der Waals surface area contributed by atoms with E-state index in [2.05, 4.69) is 15.7 Å². The largest absolute Gasteiger partial charge is 0.492 e. The summed E-state index contributed by atoms with van der Waals surface area (Å²) in [5.74, 6) is 0.295. The normalized spacial score (nSPS) is 10.5. The standard InChI is InChI=1S/C21H22ClN5O3/c1-24-20(28)15-7-5-14(6-8-15)12-27-13-18(19(23)26-27)21(29)25-9-10-30-17-4-2-3-16(22)11-17/h2-8,11,13H,9-10,12H2,1H3,(H2,23,26)(H,24,28)(H,25,29). The number of halogens is 1. The van der Waals surface area contributed by atoms with Gasteiger partial charge in [0, 0.05) is 23.8 Å². The lowest BCUT2D eigenvalue weighted by atomic mass is 10.1. The quantitative estimate of drug-likeness (QED) is 0.478. The molecule has 156 valence electrons. The first-order valence-corrected chi connectivity index (χ1v) is 9.64. The molecule has 9 heteroatoms. The molecule has 0 aliphatic rings. The lowest BCUT2D eigenvalue weighted by molar-refractivity contribution is 0.0944. The Kier molecular flexibility index (Phi) is 6.92. The molecule has 0 saturated carbocycles. The van der Waals surface area contributed by atoms with Crippen LogP contribution in [0.4, 0.5) is 5.82 Å². The molecule has 2 aromatic carbocycles. The molecule has 4 N–H and O–H groups in total. The van der Waals surface area contributed by atoms with Crippen LogP contribution in [0.15, 0.2) is 54.7 Å². The van der Waals surface area contributed by atoms with Gasteiger partial charge < -0.3 is 21.1 Å². The van der Waals surface area contributed by atoms with E-state index in [0.717, 1.165) is 5.56 Å². The molecule has 3 rings (SSSR count). The minimum absolute atomic E-state index is 0.144. The van der Waals surface area contributed by atoms with E-state index in [1.54, 1.807) is 54.3 Å². The highest BCUT2D eigenvalue weighted by Crippen LogP contribution is 2.17. The van der Waals surface area contributed by atoms with Gasteiger partial charge in [0.15, 0.2) is 5.82 Å². The fraction of sp³-hybridized carbons (Fsp3) is 0.190. The maximum Gasteiger partial charge on any atom is 0.256 e. The number of nitrogens with two attached hydrogens (primary N) is 1. The van der Waals surface area contributed by atoms with Crippen LogP contribution >= 0.6 is 11.6 Å². The molecule has 0 fully saturated rings. The van der Waals surface area contributed by atoms with Gasteiger partial charge >= 0.3 is 0 Å². The Bertz CT molecular complexity index is 1030. The summed E-state index contributed by atoms with van der Waals surface area (Å²) >= 11 is 5.90. The van der Waals surface area contributed by atoms with Gasteiger partial charge in [-0.1, -0.05) is 29.8 Å². The number of nitrogen functional groups attached to an aromatic ring is 1. The molecule has 8 nitrogen and oxygen atoms in total. The molecule has 2 amide bonds. The molecular weight excluding hydrogens is 406 g/mol. The number of ether oxygens (including phenoxy) is 1. The summed E-state index contributed by atoms with van der Waals surface area (Å²) in [4.78, 5) is 24.0. The Labute approximate surface area is 179 Å². The van der Waals surface area contributed by atoms with Gasteiger partial charge in [-0.2, -0.15) is 5.10 Å². The van der Waals surface area contributed by atoms with Gasteiger partial charge in [0.2, 0.25) is 0 Å². The monoisotopic (exact) mass is 427 g/mol. The van der Waals surface area contributed by atoms with Gasteiger partial charge in [-0.3, -0.25) is 14.3 Å². The number of carbonyl (C=O) groups excluding carboxylic acids is 2. The second-order valence-corrected chi connectivity index (χ2v) is 6.90. The molecule has 1 heterocycles. The summed E-state index contributed by atoms with van der Waals surface area (Å²) in [6.45, 7) is 1.01. The van der Waals surface area contributed by atoms with E-state index < -0.39 is 0 Å². The SMILES string of the molecule is CNC(=O)c1ccc(Cn2cc(C(=O)NCCOc3cccc(Cl)c3)c(N)n2)cc1. The van der Waals surface area contributed by atoms with Crippen molar-refractivity contribution in [3.63, 3.8) is 0 Å². The van der Waals surface area contributed by atoms with Crippen molar-refractivity contribution in [1.29, 1.82) is 0 Å². The van der Waals surface area contributed by atoms with Crippen molar-refractivity contribution in [2.45, 2.75) is 6.54 Å². The number of nitrogens with one attached hydrogen (secondary N) is 2. The zero-order chi connectivity index (χ0) is 21.5. The number of aromatic nitrogens is 2. The fourth-order valence-corrected chi connectivity index (χ4v) is 2.95. The van der Waals surface area contributed by atoms with Crippen molar-refractivity contribution in [3.8, 4) is 5.75 Å². The van der Waals surface area contributed by atoms with E-state index >= 15 is 0 Å².